The van der Waals surface area contributed by atoms with Crippen molar-refractivity contribution in [3.05, 3.63) is 415 Å². The predicted octanol–water partition coefficient (Wildman–Crippen LogP) is 19.1. The molecule has 0 unspecified atom stereocenters. The molecule has 14 aromatic rings. The van der Waals surface area contributed by atoms with Gasteiger partial charge in [0.25, 0.3) is 0 Å². The Bertz CT molecular complexity index is 3840. The van der Waals surface area contributed by atoms with Crippen LogP contribution in [0.1, 0.15) is 16.8 Å². The van der Waals surface area contributed by atoms with Gasteiger partial charge in [-0.1, -0.05) is 411 Å². The van der Waals surface area contributed by atoms with Crippen LogP contribution in [0.5, 0.6) is 0 Å². The Morgan fingerprint density at radius 1 is 0.327 bits per heavy atom. The summed E-state index contributed by atoms with van der Waals surface area (Å²) in [5, 5.41) is 29.0. The van der Waals surface area contributed by atoms with Gasteiger partial charge in [0.15, 0.2) is 5.69 Å². The van der Waals surface area contributed by atoms with Crippen molar-refractivity contribution in [1.82, 2.24) is 9.78 Å². The average molecular weight is 1420 g/mol. The van der Waals surface area contributed by atoms with Gasteiger partial charge in [-0.05, 0) is 107 Å². The third-order valence-electron chi connectivity index (χ3n) is 14.9. The molecule has 13 heteroatoms. The first-order valence-electron chi connectivity index (χ1n) is 31.2. The first-order valence-corrected chi connectivity index (χ1v) is 37.7. The summed E-state index contributed by atoms with van der Waals surface area (Å²) in [5.74, 6) is 0. The molecule has 0 N–H and O–H groups in total. The molecular weight excluding hydrogens is 1350 g/mol. The van der Waals surface area contributed by atoms with Crippen LogP contribution in [0.4, 0.5) is 13.2 Å². The number of halogens is 6. The van der Waals surface area contributed by atoms with Crippen LogP contribution in [-0.2, 0) is 6.18 Å². The molecule has 14 rings (SSSR count). The van der Waals surface area contributed by atoms with E-state index in [1.165, 1.54) is 69.7 Å². The molecule has 1 aromatic heterocycles. The molecule has 0 spiro atoms. The average Bonchev–Trinajstić information content (AvgIpc) is 1.55. The Morgan fingerprint density at radius 2 is 0.500 bits per heavy atom. The van der Waals surface area contributed by atoms with Gasteiger partial charge in [-0.3, -0.25) is 0 Å². The molecule has 0 aliphatic carbocycles. The van der Waals surface area contributed by atoms with Gasteiger partial charge in [-0.25, -0.2) is 4.68 Å². The smallest absolute Gasteiger partial charge is 0.217 e. The minimum absolute atomic E-state index is 0.0323. The molecule has 0 amide bonds. The highest BCUT2D eigenvalue weighted by Gasteiger charge is 2.33. The van der Waals surface area contributed by atoms with E-state index in [2.05, 4.69) is 376 Å². The molecule has 0 fully saturated rings. The fourth-order valence-corrected chi connectivity index (χ4v) is 20.6. The lowest BCUT2D eigenvalue weighted by Crippen LogP contribution is -2.20. The lowest BCUT2D eigenvalue weighted by Gasteiger charge is -2.18. The largest absolute Gasteiger partial charge is 0.416 e. The van der Waals surface area contributed by atoms with E-state index in [9.17, 15) is 13.2 Å². The molecule has 13 aromatic carbocycles. The van der Waals surface area contributed by atoms with E-state index in [1.807, 2.05) is 0 Å². The number of hydrogen-bond acceptors (Lipinski definition) is 2. The number of benzene rings is 13. The van der Waals surface area contributed by atoms with Crippen molar-refractivity contribution in [3.8, 4) is 11.8 Å². The number of alkyl halides is 3. The first kappa shape index (κ1) is 71.5. The van der Waals surface area contributed by atoms with Crippen LogP contribution >= 0.6 is 66.5 Å². The van der Waals surface area contributed by atoms with E-state index in [1.54, 1.807) is 6.07 Å². The van der Waals surface area contributed by atoms with Gasteiger partial charge < -0.3 is 0 Å². The van der Waals surface area contributed by atoms with Crippen molar-refractivity contribution in [2.24, 2.45) is 0 Å². The maximum atomic E-state index is 12.7. The molecule has 482 valence electrons. The van der Waals surface area contributed by atoms with Crippen molar-refractivity contribution >= 4 is 136 Å². The summed E-state index contributed by atoms with van der Waals surface area (Å²) in [7, 11) is -1.78. The monoisotopic (exact) mass is 1410 g/mol. The zero-order valence-electron chi connectivity index (χ0n) is 53.0. The normalized spacial score (nSPS) is 10.7. The van der Waals surface area contributed by atoms with Gasteiger partial charge >= 0.3 is 6.18 Å². The molecule has 1 heterocycles. The Balaban J connectivity index is 0.000000133. The predicted molar refractivity (Wildman–Crippen MR) is 419 cm³/mol. The molecule has 0 radical (unpaired) electrons. The summed E-state index contributed by atoms with van der Waals surface area (Å²) in [6, 6.07) is 133. The van der Waals surface area contributed by atoms with Gasteiger partial charge in [0, 0.05) is 5.56 Å². The number of rotatable bonds is 14. The summed E-state index contributed by atoms with van der Waals surface area (Å²) in [5.41, 5.74) is -0.867. The molecule has 0 saturated carbocycles. The van der Waals surface area contributed by atoms with Crippen molar-refractivity contribution in [3.63, 3.8) is 0 Å². The van der Waals surface area contributed by atoms with Gasteiger partial charge in [-0.15, -0.1) is 0 Å². The van der Waals surface area contributed by atoms with E-state index in [0.29, 0.717) is 12.1 Å². The summed E-state index contributed by atoms with van der Waals surface area (Å²) in [4.78, 5) is 0. The van der Waals surface area contributed by atoms with Gasteiger partial charge in [0.05, 0.1) is 15.6 Å². The summed E-state index contributed by atoms with van der Waals surface area (Å²) in [6.45, 7) is 3.50. The van der Waals surface area contributed by atoms with E-state index in [0.717, 1.165) is 4.68 Å². The Kier molecular flexibility index (Phi) is 26.9. The van der Waals surface area contributed by atoms with E-state index in [4.69, 9.17) is 40.1 Å². The lowest BCUT2D eigenvalue weighted by atomic mass is 10.2. The molecular formula is C85H65Cl3F3N3P4. The SMILES string of the molecule is C=Cc1c(C#N)nn(-c2c(Cl)cc(C(F)(F)F)cc2Cl)c1Cl.c1ccc(P(c2ccccc2)c2ccccc2)cc1.c1ccc(P(c2ccccc2)c2ccccc2)cc1.c1ccc(P(c2ccccc2)c2ccccc2)cc1.c1ccc(P(c2ccccc2)c2ccccc2)cc1. The van der Waals surface area contributed by atoms with E-state index >= 15 is 0 Å². The highest BCUT2D eigenvalue weighted by molar-refractivity contribution is 7.81. The van der Waals surface area contributed by atoms with Crippen molar-refractivity contribution in [2.45, 2.75) is 6.18 Å². The summed E-state index contributed by atoms with van der Waals surface area (Å²) in [6.07, 6.45) is -3.29. The zero-order chi connectivity index (χ0) is 68.3. The van der Waals surface area contributed by atoms with Gasteiger partial charge in [0.2, 0.25) is 0 Å². The highest BCUT2D eigenvalue weighted by atomic mass is 35.5. The third kappa shape index (κ3) is 19.5. The first-order chi connectivity index (χ1) is 48.0. The molecule has 0 saturated heterocycles. The fraction of sp³-hybridized carbons (Fsp3) is 0.0118. The molecule has 0 aliphatic rings. The molecule has 0 aliphatic heterocycles. The van der Waals surface area contributed by atoms with E-state index < -0.39 is 43.4 Å². The second kappa shape index (κ2) is 36.9. The second-order valence-corrected chi connectivity index (χ2v) is 31.5. The quantitative estimate of drug-likeness (QED) is 0.102. The van der Waals surface area contributed by atoms with Crippen molar-refractivity contribution in [1.29, 1.82) is 5.26 Å². The number of aromatic nitrogens is 2. The topological polar surface area (TPSA) is 41.6 Å². The maximum Gasteiger partial charge on any atom is 0.416 e. The van der Waals surface area contributed by atoms with Crippen LogP contribution in [-0.4, -0.2) is 9.78 Å². The molecule has 98 heavy (non-hydrogen) atoms. The molecule has 0 bridgehead atoms. The van der Waals surface area contributed by atoms with Crippen LogP contribution in [0.2, 0.25) is 15.2 Å². The van der Waals surface area contributed by atoms with Gasteiger partial charge in [-0.2, -0.15) is 23.5 Å². The van der Waals surface area contributed by atoms with E-state index in [-0.39, 0.29) is 32.1 Å². The Hall–Kier alpha value is -9.32. The second-order valence-electron chi connectivity index (χ2n) is 21.4. The van der Waals surface area contributed by atoms with Crippen LogP contribution < -0.4 is 63.7 Å². The van der Waals surface area contributed by atoms with Crippen LogP contribution in [0.25, 0.3) is 11.8 Å². The third-order valence-corrected chi connectivity index (χ3v) is 25.6. The van der Waals surface area contributed by atoms with Crippen LogP contribution in [0.3, 0.4) is 0 Å². The summed E-state index contributed by atoms with van der Waals surface area (Å²) >= 11 is 17.8. The standard InChI is InChI=1S/4C18H15P.C13H5Cl3F3N3/c4*1-4-10-16(11-5-1)19(17-12-6-2-7-13-17)18-14-8-3-9-15-18;1-2-7-10(5-20)21-22(12(7)16)11-8(14)3-6(4-9(11)15)13(17,18)19/h4*1-15H;2-4H,1H2. The number of nitrogens with zero attached hydrogens (tertiary/aromatic N) is 3. The lowest BCUT2D eigenvalue weighted by molar-refractivity contribution is -0.137. The Labute approximate surface area is 592 Å². The maximum absolute atomic E-state index is 12.7. The highest BCUT2D eigenvalue weighted by Crippen LogP contribution is 2.40. The summed E-state index contributed by atoms with van der Waals surface area (Å²) < 4.78 is 39.2. The van der Waals surface area contributed by atoms with Crippen LogP contribution in [0, 0.1) is 11.3 Å². The fourth-order valence-electron chi connectivity index (χ4n) is 10.5. The van der Waals surface area contributed by atoms with Crippen molar-refractivity contribution < 1.29 is 13.2 Å². The van der Waals surface area contributed by atoms with Crippen LogP contribution in [0.15, 0.2) is 383 Å². The number of hydrogen-bond donors (Lipinski definition) is 0. The Morgan fingerprint density at radius 3 is 0.633 bits per heavy atom. The zero-order valence-corrected chi connectivity index (χ0v) is 58.8. The molecule has 3 nitrogen and oxygen atoms in total. The van der Waals surface area contributed by atoms with Crippen molar-refractivity contribution in [2.75, 3.05) is 0 Å². The minimum atomic E-state index is -4.59. The number of nitriles is 1. The molecule has 0 atom stereocenters. The van der Waals surface area contributed by atoms with Gasteiger partial charge in [0.1, 0.15) is 16.9 Å². The minimum Gasteiger partial charge on any atom is -0.217 e.